The number of rotatable bonds is 8. The van der Waals surface area contributed by atoms with Crippen LogP contribution < -0.4 is 14.8 Å². The van der Waals surface area contributed by atoms with Crippen LogP contribution in [-0.2, 0) is 21.2 Å². The van der Waals surface area contributed by atoms with Gasteiger partial charge in [0.1, 0.15) is 17.5 Å². The third-order valence-corrected chi connectivity index (χ3v) is 8.24. The van der Waals surface area contributed by atoms with E-state index in [1.54, 1.807) is 37.1 Å². The molecule has 0 aliphatic carbocycles. The Morgan fingerprint density at radius 3 is 2.56 bits per heavy atom. The Morgan fingerprint density at radius 1 is 1.28 bits per heavy atom. The number of hydrogen-bond donors (Lipinski definition) is 3. The van der Waals surface area contributed by atoms with Gasteiger partial charge < -0.3 is 29.5 Å². The lowest BCUT2D eigenvalue weighted by atomic mass is 10.0. The molecule has 0 fully saturated rings. The van der Waals surface area contributed by atoms with Crippen LogP contribution in [0.15, 0.2) is 27.6 Å². The number of benzene rings is 1. The number of hydrogen-bond acceptors (Lipinski definition) is 8. The smallest absolute Gasteiger partial charge is 0.317 e. The van der Waals surface area contributed by atoms with E-state index in [1.165, 1.54) is 18.7 Å². The molecule has 0 saturated carbocycles. The van der Waals surface area contributed by atoms with Crippen molar-refractivity contribution in [1.29, 1.82) is 0 Å². The molecule has 39 heavy (non-hydrogen) atoms. The number of nitrogens with zero attached hydrogens (tertiary/aromatic N) is 3. The van der Waals surface area contributed by atoms with Gasteiger partial charge in [0.15, 0.2) is 10.7 Å². The molecular weight excluding hydrogens is 526 g/mol. The van der Waals surface area contributed by atoms with E-state index in [2.05, 4.69) is 15.2 Å². The van der Waals surface area contributed by atoms with E-state index in [1.807, 2.05) is 20.8 Å². The minimum atomic E-state index is -4.00. The van der Waals surface area contributed by atoms with Gasteiger partial charge in [0.05, 0.1) is 25.6 Å². The first kappa shape index (κ1) is 30.2. The van der Waals surface area contributed by atoms with Gasteiger partial charge in [-0.15, -0.1) is 0 Å². The zero-order valence-corrected chi connectivity index (χ0v) is 24.3. The number of aliphatic hydroxyl groups is 1. The van der Waals surface area contributed by atoms with Gasteiger partial charge in [-0.3, -0.25) is 9.52 Å². The first-order chi connectivity index (χ1) is 18.2. The highest BCUT2D eigenvalue weighted by Crippen LogP contribution is 2.31. The Morgan fingerprint density at radius 2 is 1.97 bits per heavy atom. The number of amides is 3. The van der Waals surface area contributed by atoms with Crippen molar-refractivity contribution < 1.29 is 32.4 Å². The Balaban J connectivity index is 1.98. The van der Waals surface area contributed by atoms with E-state index < -0.39 is 22.2 Å². The summed E-state index contributed by atoms with van der Waals surface area (Å²) < 4.78 is 40.1. The number of fused-ring (bicyclic) bond motifs is 1. The monoisotopic (exact) mass is 565 g/mol. The molecule has 1 aromatic carbocycles. The fraction of sp³-hybridized carbons (Fsp3) is 0.577. The molecule has 3 N–H and O–H groups in total. The molecule has 1 aliphatic heterocycles. The van der Waals surface area contributed by atoms with Crippen molar-refractivity contribution in [3.05, 3.63) is 35.2 Å². The number of aryl methyl sites for hydroxylation is 2. The summed E-state index contributed by atoms with van der Waals surface area (Å²) in [6, 6.07) is 4.01. The molecule has 216 valence electrons. The van der Waals surface area contributed by atoms with Crippen LogP contribution in [0.2, 0.25) is 0 Å². The maximum Gasteiger partial charge on any atom is 0.317 e. The first-order valence-corrected chi connectivity index (χ1v) is 14.4. The molecule has 0 bridgehead atoms. The lowest BCUT2D eigenvalue weighted by Crippen LogP contribution is -2.49. The van der Waals surface area contributed by atoms with E-state index in [0.29, 0.717) is 17.9 Å². The topological polar surface area (TPSA) is 154 Å². The van der Waals surface area contributed by atoms with Gasteiger partial charge >= 0.3 is 6.03 Å². The zero-order chi connectivity index (χ0) is 29.1. The fourth-order valence-corrected chi connectivity index (χ4v) is 5.87. The molecule has 1 aromatic heterocycles. The average molecular weight is 566 g/mol. The SMILES string of the molecule is Cc1noc(C)c1S(=O)(=O)Nc1ccc2c(c1)CC(=O)N([C@@H](C)CO)C[C@H](C)[C@H](CN(C)C(=O)NC(C)C)O2. The lowest BCUT2D eigenvalue weighted by molar-refractivity contribution is -0.134. The molecule has 0 saturated heterocycles. The molecule has 2 aromatic rings. The maximum absolute atomic E-state index is 13.4. The molecule has 12 nitrogen and oxygen atoms in total. The number of sulfonamides is 1. The quantitative estimate of drug-likeness (QED) is 0.441. The van der Waals surface area contributed by atoms with Crippen molar-refractivity contribution in [2.45, 2.75) is 71.0 Å². The molecule has 3 atom stereocenters. The average Bonchev–Trinajstić information content (AvgIpc) is 3.21. The summed E-state index contributed by atoms with van der Waals surface area (Å²) in [5, 5.41) is 16.4. The standard InChI is InChI=1S/C26H39N5O7S/c1-15(2)27-26(34)30(7)13-23-16(3)12-31(17(4)14-32)24(33)11-20-10-21(8-9-22(20)37-23)29-39(35,36)25-18(5)28-38-19(25)6/h8-10,15-17,23,29,32H,11-14H2,1-7H3,(H,27,34)/t16-,17-,23-/m0/s1. The molecule has 3 amide bonds. The van der Waals surface area contributed by atoms with Crippen LogP contribution in [0.1, 0.15) is 44.7 Å². The second-order valence-corrected chi connectivity index (χ2v) is 12.1. The van der Waals surface area contributed by atoms with Crippen LogP contribution in [0, 0.1) is 19.8 Å². The summed E-state index contributed by atoms with van der Waals surface area (Å²) in [5.74, 6) is 0.153. The summed E-state index contributed by atoms with van der Waals surface area (Å²) >= 11 is 0. The summed E-state index contributed by atoms with van der Waals surface area (Å²) in [4.78, 5) is 29.1. The van der Waals surface area contributed by atoms with Crippen LogP contribution in [0.3, 0.4) is 0 Å². The van der Waals surface area contributed by atoms with E-state index in [4.69, 9.17) is 9.26 Å². The third-order valence-electron chi connectivity index (χ3n) is 6.62. The summed E-state index contributed by atoms with van der Waals surface area (Å²) in [6.07, 6.45) is -0.556. The van der Waals surface area contributed by atoms with Crippen LogP contribution in [0.5, 0.6) is 5.75 Å². The van der Waals surface area contributed by atoms with Gasteiger partial charge in [-0.1, -0.05) is 12.1 Å². The van der Waals surface area contributed by atoms with E-state index in [0.717, 1.165) is 0 Å². The van der Waals surface area contributed by atoms with Crippen molar-refractivity contribution in [3.8, 4) is 5.75 Å². The van der Waals surface area contributed by atoms with Crippen LogP contribution in [-0.4, -0.2) is 85.4 Å². The van der Waals surface area contributed by atoms with Crippen molar-refractivity contribution in [2.75, 3.05) is 31.5 Å². The minimum absolute atomic E-state index is 0.0364. The van der Waals surface area contributed by atoms with Gasteiger partial charge in [-0.05, 0) is 52.8 Å². The van der Waals surface area contributed by atoms with E-state index in [9.17, 15) is 23.1 Å². The number of anilines is 1. The molecule has 0 unspecified atom stereocenters. The predicted octanol–water partition coefficient (Wildman–Crippen LogP) is 2.29. The second kappa shape index (κ2) is 12.2. The van der Waals surface area contributed by atoms with Crippen LogP contribution >= 0.6 is 0 Å². The van der Waals surface area contributed by atoms with E-state index in [-0.39, 0.29) is 65.5 Å². The molecule has 3 rings (SSSR count). The Kier molecular flexibility index (Phi) is 9.49. The van der Waals surface area contributed by atoms with Crippen molar-refractivity contribution in [2.24, 2.45) is 5.92 Å². The highest BCUT2D eigenvalue weighted by molar-refractivity contribution is 7.92. The third kappa shape index (κ3) is 7.21. The Hall–Kier alpha value is -3.32. The number of likely N-dealkylation sites (N-methyl/N-ethyl adjacent to an activating group) is 1. The summed E-state index contributed by atoms with van der Waals surface area (Å²) in [5.41, 5.74) is 0.948. The fourth-order valence-electron chi connectivity index (χ4n) is 4.49. The van der Waals surface area contributed by atoms with Crippen molar-refractivity contribution in [3.63, 3.8) is 0 Å². The first-order valence-electron chi connectivity index (χ1n) is 12.9. The minimum Gasteiger partial charge on any atom is -0.488 e. The zero-order valence-electron chi connectivity index (χ0n) is 23.5. The van der Waals surface area contributed by atoms with Gasteiger partial charge in [0, 0.05) is 36.8 Å². The molecule has 1 aliphatic rings. The number of carbonyl (C=O) groups excluding carboxylic acids is 2. The van der Waals surface area contributed by atoms with Gasteiger partial charge in [0.2, 0.25) is 5.91 Å². The number of carbonyl (C=O) groups is 2. The highest BCUT2D eigenvalue weighted by atomic mass is 32.2. The van der Waals surface area contributed by atoms with Crippen LogP contribution in [0.4, 0.5) is 10.5 Å². The second-order valence-electron chi connectivity index (χ2n) is 10.5. The summed E-state index contributed by atoms with van der Waals surface area (Å²) in [6.45, 7) is 10.8. The largest absolute Gasteiger partial charge is 0.488 e. The number of ether oxygens (including phenoxy) is 1. The summed E-state index contributed by atoms with van der Waals surface area (Å²) in [7, 11) is -2.33. The highest BCUT2D eigenvalue weighted by Gasteiger charge is 2.32. The number of urea groups is 1. The molecular formula is C26H39N5O7S. The molecule has 13 heteroatoms. The number of aromatic nitrogens is 1. The maximum atomic E-state index is 13.4. The Labute approximate surface area is 229 Å². The van der Waals surface area contributed by atoms with Gasteiger partial charge in [-0.25, -0.2) is 13.2 Å². The van der Waals surface area contributed by atoms with Crippen molar-refractivity contribution in [1.82, 2.24) is 20.3 Å². The van der Waals surface area contributed by atoms with Gasteiger partial charge in [0.25, 0.3) is 10.0 Å². The Bertz CT molecular complexity index is 1270. The van der Waals surface area contributed by atoms with Crippen molar-refractivity contribution >= 4 is 27.6 Å². The predicted molar refractivity (Wildman–Crippen MR) is 145 cm³/mol. The lowest BCUT2D eigenvalue weighted by Gasteiger charge is -2.34. The molecule has 2 heterocycles. The van der Waals surface area contributed by atoms with Crippen LogP contribution in [0.25, 0.3) is 0 Å². The number of nitrogens with one attached hydrogen (secondary N) is 2. The normalized spacial score (nSPS) is 18.9. The number of aliphatic hydroxyl groups excluding tert-OH is 1. The van der Waals surface area contributed by atoms with E-state index >= 15 is 0 Å². The molecule has 0 spiro atoms. The molecule has 0 radical (unpaired) electrons. The van der Waals surface area contributed by atoms with Gasteiger partial charge in [-0.2, -0.15) is 0 Å².